The zero-order chi connectivity index (χ0) is 17.4. The number of nitrogens with one attached hydrogen (secondary N) is 1. The monoisotopic (exact) mass is 409 g/mol. The zero-order valence-corrected chi connectivity index (χ0v) is 15.7. The van der Waals surface area contributed by atoms with Crippen molar-refractivity contribution in [1.82, 2.24) is 9.97 Å². The third-order valence-corrected chi connectivity index (χ3v) is 5.40. The number of fused-ring (bicyclic) bond motifs is 1. The molecule has 0 atom stereocenters. The molecule has 0 aliphatic heterocycles. The highest BCUT2D eigenvalue weighted by Crippen LogP contribution is 2.31. The van der Waals surface area contributed by atoms with Gasteiger partial charge in [-0.1, -0.05) is 34.8 Å². The molecule has 2 aromatic heterocycles. The molecule has 25 heavy (non-hydrogen) atoms. The number of anilines is 1. The number of rotatable bonds is 4. The predicted octanol–water partition coefficient (Wildman–Crippen LogP) is 6.52. The Morgan fingerprint density at radius 1 is 1.04 bits per heavy atom. The first-order chi connectivity index (χ1) is 12.1. The quantitative estimate of drug-likeness (QED) is 0.416. The first-order valence-corrected chi connectivity index (χ1v) is 9.23. The van der Waals surface area contributed by atoms with E-state index in [1.807, 2.05) is 24.3 Å². The Bertz CT molecular complexity index is 1060. The van der Waals surface area contributed by atoms with Gasteiger partial charge in [0.15, 0.2) is 10.0 Å². The van der Waals surface area contributed by atoms with Gasteiger partial charge in [-0.2, -0.15) is 0 Å². The van der Waals surface area contributed by atoms with Crippen molar-refractivity contribution in [1.29, 1.82) is 0 Å². The third-order valence-electron chi connectivity index (χ3n) is 3.55. The van der Waals surface area contributed by atoms with Crippen molar-refractivity contribution in [2.24, 2.45) is 0 Å². The molecule has 0 bridgehead atoms. The highest BCUT2D eigenvalue weighted by Gasteiger charge is 2.10. The molecule has 0 saturated carbocycles. The van der Waals surface area contributed by atoms with E-state index in [2.05, 4.69) is 15.3 Å². The molecule has 0 spiro atoms. The summed E-state index contributed by atoms with van der Waals surface area (Å²) < 4.78 is 6.34. The minimum Gasteiger partial charge on any atom is -0.436 e. The van der Waals surface area contributed by atoms with Crippen LogP contribution in [0.25, 0.3) is 22.6 Å². The maximum absolute atomic E-state index is 6.06. The van der Waals surface area contributed by atoms with E-state index in [0.29, 0.717) is 32.5 Å². The number of oxazole rings is 1. The Morgan fingerprint density at radius 3 is 2.68 bits per heavy atom. The Balaban J connectivity index is 1.59. The molecule has 2 aromatic carbocycles. The van der Waals surface area contributed by atoms with Crippen LogP contribution in [0.15, 0.2) is 47.0 Å². The van der Waals surface area contributed by atoms with Crippen molar-refractivity contribution in [2.75, 3.05) is 5.32 Å². The lowest BCUT2D eigenvalue weighted by Gasteiger charge is -2.03. The molecule has 4 nitrogen and oxygen atoms in total. The summed E-state index contributed by atoms with van der Waals surface area (Å²) in [5, 5.41) is 4.28. The number of benzene rings is 2. The third kappa shape index (κ3) is 3.60. The van der Waals surface area contributed by atoms with E-state index in [1.54, 1.807) is 18.3 Å². The Labute approximate surface area is 162 Å². The molecule has 4 rings (SSSR count). The van der Waals surface area contributed by atoms with Crippen molar-refractivity contribution in [3.63, 3.8) is 0 Å². The highest BCUT2D eigenvalue weighted by molar-refractivity contribution is 7.15. The minimum absolute atomic E-state index is 0.465. The Morgan fingerprint density at radius 2 is 1.92 bits per heavy atom. The summed E-state index contributed by atoms with van der Waals surface area (Å²) in [7, 11) is 0. The van der Waals surface area contributed by atoms with Gasteiger partial charge in [-0.25, -0.2) is 9.97 Å². The summed E-state index contributed by atoms with van der Waals surface area (Å²) in [6.07, 6.45) is 1.76. The van der Waals surface area contributed by atoms with Crippen molar-refractivity contribution < 1.29 is 4.42 Å². The molecule has 2 heterocycles. The number of thiazole rings is 1. The normalized spacial score (nSPS) is 11.2. The van der Waals surface area contributed by atoms with Gasteiger partial charge in [0.2, 0.25) is 5.89 Å². The molecule has 1 N–H and O–H groups in total. The largest absolute Gasteiger partial charge is 0.436 e. The summed E-state index contributed by atoms with van der Waals surface area (Å²) in [6, 6.07) is 11.0. The first-order valence-electron chi connectivity index (χ1n) is 7.28. The van der Waals surface area contributed by atoms with E-state index in [4.69, 9.17) is 39.2 Å². The maximum Gasteiger partial charge on any atom is 0.227 e. The van der Waals surface area contributed by atoms with Crippen molar-refractivity contribution in [3.8, 4) is 11.5 Å². The first kappa shape index (κ1) is 16.7. The van der Waals surface area contributed by atoms with Gasteiger partial charge in [-0.05, 0) is 36.4 Å². The second-order valence-electron chi connectivity index (χ2n) is 5.26. The summed E-state index contributed by atoms with van der Waals surface area (Å²) >= 11 is 19.3. The van der Waals surface area contributed by atoms with Gasteiger partial charge >= 0.3 is 0 Å². The van der Waals surface area contributed by atoms with E-state index < -0.39 is 0 Å². The number of aromatic nitrogens is 2. The van der Waals surface area contributed by atoms with Crippen molar-refractivity contribution in [2.45, 2.75) is 6.54 Å². The van der Waals surface area contributed by atoms with Crippen molar-refractivity contribution >= 4 is 62.9 Å². The van der Waals surface area contributed by atoms with Gasteiger partial charge in [0.05, 0.1) is 16.6 Å². The van der Waals surface area contributed by atoms with Gasteiger partial charge in [0.25, 0.3) is 0 Å². The molecule has 0 amide bonds. The van der Waals surface area contributed by atoms with E-state index in [0.717, 1.165) is 21.6 Å². The second-order valence-corrected chi connectivity index (χ2v) is 7.78. The van der Waals surface area contributed by atoms with E-state index in [1.165, 1.54) is 11.3 Å². The summed E-state index contributed by atoms with van der Waals surface area (Å²) in [4.78, 5) is 9.62. The fourth-order valence-electron chi connectivity index (χ4n) is 2.34. The van der Waals surface area contributed by atoms with Crippen LogP contribution in [0.3, 0.4) is 0 Å². The molecule has 0 aliphatic carbocycles. The topological polar surface area (TPSA) is 51.0 Å². The maximum atomic E-state index is 6.06. The molecule has 0 radical (unpaired) electrons. The second kappa shape index (κ2) is 6.84. The lowest BCUT2D eigenvalue weighted by molar-refractivity contribution is 0.620. The molecule has 126 valence electrons. The van der Waals surface area contributed by atoms with E-state index >= 15 is 0 Å². The number of hydrogen-bond donors (Lipinski definition) is 1. The molecule has 0 unspecified atom stereocenters. The van der Waals surface area contributed by atoms with Gasteiger partial charge in [-0.3, -0.25) is 0 Å². The van der Waals surface area contributed by atoms with Gasteiger partial charge in [-0.15, -0.1) is 11.3 Å². The predicted molar refractivity (Wildman–Crippen MR) is 104 cm³/mol. The minimum atomic E-state index is 0.465. The van der Waals surface area contributed by atoms with Crippen LogP contribution in [0, 0.1) is 0 Å². The standard InChI is InChI=1S/C17H10Cl3N3OS/c18-12-3-1-9(5-13(12)19)16-23-14-6-10(2-4-15(14)24-16)21-7-11-8-22-17(20)25-11/h1-6,8,21H,7H2. The summed E-state index contributed by atoms with van der Waals surface area (Å²) in [6.45, 7) is 0.646. The lowest BCUT2D eigenvalue weighted by Crippen LogP contribution is -1.96. The average Bonchev–Trinajstić information content (AvgIpc) is 3.21. The van der Waals surface area contributed by atoms with Crippen LogP contribution in [-0.4, -0.2) is 9.97 Å². The average molecular weight is 411 g/mol. The number of hydrogen-bond acceptors (Lipinski definition) is 5. The van der Waals surface area contributed by atoms with Crippen LogP contribution >= 0.6 is 46.1 Å². The molecule has 8 heteroatoms. The van der Waals surface area contributed by atoms with Gasteiger partial charge in [0, 0.05) is 22.3 Å². The van der Waals surface area contributed by atoms with Crippen LogP contribution in [-0.2, 0) is 6.54 Å². The Kier molecular flexibility index (Phi) is 4.56. The zero-order valence-electron chi connectivity index (χ0n) is 12.6. The van der Waals surface area contributed by atoms with Crippen molar-refractivity contribution in [3.05, 3.63) is 62.0 Å². The molecule has 0 fully saturated rings. The van der Waals surface area contributed by atoms with Crippen LogP contribution in [0.1, 0.15) is 4.88 Å². The van der Waals surface area contributed by atoms with E-state index in [9.17, 15) is 0 Å². The van der Waals surface area contributed by atoms with Gasteiger partial charge in [0.1, 0.15) is 5.52 Å². The van der Waals surface area contributed by atoms with Gasteiger partial charge < -0.3 is 9.73 Å². The van der Waals surface area contributed by atoms with Crippen LogP contribution in [0.4, 0.5) is 5.69 Å². The fourth-order valence-corrected chi connectivity index (χ4v) is 3.56. The lowest BCUT2D eigenvalue weighted by atomic mass is 10.2. The van der Waals surface area contributed by atoms with Crippen LogP contribution in [0.5, 0.6) is 0 Å². The fraction of sp³-hybridized carbons (Fsp3) is 0.0588. The molecular formula is C17H10Cl3N3OS. The number of nitrogens with zero attached hydrogens (tertiary/aromatic N) is 2. The summed E-state index contributed by atoms with van der Waals surface area (Å²) in [5.74, 6) is 0.500. The molecule has 0 saturated heterocycles. The molecule has 4 aromatic rings. The highest BCUT2D eigenvalue weighted by atomic mass is 35.5. The Hall–Kier alpha value is -1.79. The van der Waals surface area contributed by atoms with E-state index in [-0.39, 0.29) is 0 Å². The van der Waals surface area contributed by atoms with Crippen LogP contribution in [0.2, 0.25) is 14.5 Å². The summed E-state index contributed by atoms with van der Waals surface area (Å²) in [5.41, 5.74) is 3.17. The molecule has 0 aliphatic rings. The number of halogens is 3. The molecular weight excluding hydrogens is 401 g/mol. The smallest absolute Gasteiger partial charge is 0.227 e. The van der Waals surface area contributed by atoms with Crippen LogP contribution < -0.4 is 5.32 Å². The SMILES string of the molecule is Clc1ncc(CNc2ccc3oc(-c4ccc(Cl)c(Cl)c4)nc3c2)s1.